The van der Waals surface area contributed by atoms with Gasteiger partial charge in [-0.3, -0.25) is 0 Å². The number of nitriles is 1. The SMILES string of the molecule is COCCCC1(C#N)CCc2ccccc2C1. The van der Waals surface area contributed by atoms with E-state index in [-0.39, 0.29) is 5.41 Å². The Labute approximate surface area is 103 Å². The van der Waals surface area contributed by atoms with Gasteiger partial charge in [0.1, 0.15) is 0 Å². The number of hydrogen-bond acceptors (Lipinski definition) is 2. The molecule has 0 radical (unpaired) electrons. The van der Waals surface area contributed by atoms with E-state index in [4.69, 9.17) is 4.74 Å². The van der Waals surface area contributed by atoms with Crippen molar-refractivity contribution >= 4 is 0 Å². The fourth-order valence-electron chi connectivity index (χ4n) is 2.72. The monoisotopic (exact) mass is 229 g/mol. The van der Waals surface area contributed by atoms with Crippen molar-refractivity contribution in [3.05, 3.63) is 35.4 Å². The summed E-state index contributed by atoms with van der Waals surface area (Å²) in [6.45, 7) is 0.755. The van der Waals surface area contributed by atoms with E-state index < -0.39 is 0 Å². The minimum Gasteiger partial charge on any atom is -0.385 e. The van der Waals surface area contributed by atoms with Crippen LogP contribution in [0.4, 0.5) is 0 Å². The van der Waals surface area contributed by atoms with Crippen LogP contribution in [0.1, 0.15) is 30.4 Å². The van der Waals surface area contributed by atoms with Crippen LogP contribution in [0.3, 0.4) is 0 Å². The van der Waals surface area contributed by atoms with E-state index in [2.05, 4.69) is 30.3 Å². The summed E-state index contributed by atoms with van der Waals surface area (Å²) in [5.74, 6) is 0. The molecule has 1 aliphatic rings. The van der Waals surface area contributed by atoms with Crippen LogP contribution < -0.4 is 0 Å². The molecule has 0 bridgehead atoms. The second-order valence-electron chi connectivity index (χ2n) is 4.93. The lowest BCUT2D eigenvalue weighted by atomic mass is 9.70. The molecule has 1 aromatic carbocycles. The number of rotatable bonds is 4. The van der Waals surface area contributed by atoms with Gasteiger partial charge in [-0.25, -0.2) is 0 Å². The van der Waals surface area contributed by atoms with Crippen LogP contribution in [0.15, 0.2) is 24.3 Å². The van der Waals surface area contributed by atoms with Crippen molar-refractivity contribution in [3.63, 3.8) is 0 Å². The molecule has 0 fully saturated rings. The van der Waals surface area contributed by atoms with Gasteiger partial charge in [0, 0.05) is 13.7 Å². The molecule has 0 aliphatic heterocycles. The van der Waals surface area contributed by atoms with Crippen molar-refractivity contribution in [2.24, 2.45) is 5.41 Å². The Kier molecular flexibility index (Phi) is 3.81. The molecule has 1 unspecified atom stereocenters. The van der Waals surface area contributed by atoms with Gasteiger partial charge in [-0.1, -0.05) is 24.3 Å². The molecule has 2 rings (SSSR count). The highest BCUT2D eigenvalue weighted by Gasteiger charge is 2.33. The maximum Gasteiger partial charge on any atom is 0.0693 e. The number of fused-ring (bicyclic) bond motifs is 1. The predicted molar refractivity (Wildman–Crippen MR) is 67.6 cm³/mol. The van der Waals surface area contributed by atoms with Gasteiger partial charge >= 0.3 is 0 Å². The Morgan fingerprint density at radius 1 is 1.35 bits per heavy atom. The van der Waals surface area contributed by atoms with Crippen LogP contribution in [0.5, 0.6) is 0 Å². The second kappa shape index (κ2) is 5.33. The number of methoxy groups -OCH3 is 1. The van der Waals surface area contributed by atoms with Crippen molar-refractivity contribution < 1.29 is 4.74 Å². The highest BCUT2D eigenvalue weighted by molar-refractivity contribution is 5.32. The van der Waals surface area contributed by atoms with Crippen LogP contribution >= 0.6 is 0 Å². The maximum atomic E-state index is 9.48. The first kappa shape index (κ1) is 12.1. The lowest BCUT2D eigenvalue weighted by Crippen LogP contribution is -2.27. The Bertz CT molecular complexity index is 421. The molecule has 0 saturated heterocycles. The lowest BCUT2D eigenvalue weighted by Gasteiger charge is -2.32. The Balaban J connectivity index is 2.10. The third kappa shape index (κ3) is 2.68. The Morgan fingerprint density at radius 3 is 2.82 bits per heavy atom. The molecule has 0 N–H and O–H groups in total. The van der Waals surface area contributed by atoms with Crippen molar-refractivity contribution in [3.8, 4) is 6.07 Å². The number of nitrogens with zero attached hydrogens (tertiary/aromatic N) is 1. The van der Waals surface area contributed by atoms with Crippen molar-refractivity contribution in [2.45, 2.75) is 32.1 Å². The summed E-state index contributed by atoms with van der Waals surface area (Å²) in [6.07, 6.45) is 4.86. The van der Waals surface area contributed by atoms with E-state index in [1.165, 1.54) is 11.1 Å². The van der Waals surface area contributed by atoms with Gasteiger partial charge < -0.3 is 4.74 Å². The molecular formula is C15H19NO. The van der Waals surface area contributed by atoms with Gasteiger partial charge in [-0.05, 0) is 43.2 Å². The van der Waals surface area contributed by atoms with Gasteiger partial charge in [0.2, 0.25) is 0 Å². The average Bonchev–Trinajstić information content (AvgIpc) is 2.39. The zero-order valence-electron chi connectivity index (χ0n) is 10.4. The average molecular weight is 229 g/mol. The highest BCUT2D eigenvalue weighted by atomic mass is 16.5. The van der Waals surface area contributed by atoms with E-state index in [0.717, 1.165) is 38.7 Å². The summed E-state index contributed by atoms with van der Waals surface area (Å²) >= 11 is 0. The largest absolute Gasteiger partial charge is 0.385 e. The van der Waals surface area contributed by atoms with Gasteiger partial charge in [-0.2, -0.15) is 5.26 Å². The number of hydrogen-bond donors (Lipinski definition) is 0. The third-order valence-electron chi connectivity index (χ3n) is 3.76. The number of aryl methyl sites for hydroxylation is 1. The second-order valence-corrected chi connectivity index (χ2v) is 4.93. The van der Waals surface area contributed by atoms with Crippen LogP contribution in [0.2, 0.25) is 0 Å². The van der Waals surface area contributed by atoms with E-state index >= 15 is 0 Å². The van der Waals surface area contributed by atoms with E-state index in [1.807, 2.05) is 0 Å². The predicted octanol–water partition coefficient (Wildman–Crippen LogP) is 3.11. The topological polar surface area (TPSA) is 33.0 Å². The van der Waals surface area contributed by atoms with Crippen molar-refractivity contribution in [2.75, 3.05) is 13.7 Å². The van der Waals surface area contributed by atoms with Crippen LogP contribution in [-0.4, -0.2) is 13.7 Å². The van der Waals surface area contributed by atoms with Crippen molar-refractivity contribution in [1.29, 1.82) is 5.26 Å². The molecule has 2 nitrogen and oxygen atoms in total. The number of ether oxygens (including phenoxy) is 1. The first-order chi connectivity index (χ1) is 8.29. The normalized spacial score (nSPS) is 22.8. The van der Waals surface area contributed by atoms with Crippen LogP contribution in [0, 0.1) is 16.7 Å². The minimum atomic E-state index is -0.160. The summed E-state index contributed by atoms with van der Waals surface area (Å²) in [6, 6.07) is 11.1. The fraction of sp³-hybridized carbons (Fsp3) is 0.533. The molecule has 1 aromatic rings. The molecular weight excluding hydrogens is 210 g/mol. The van der Waals surface area contributed by atoms with E-state index in [0.29, 0.717) is 0 Å². The summed E-state index contributed by atoms with van der Waals surface area (Å²) in [5, 5.41) is 9.48. The Morgan fingerprint density at radius 2 is 2.12 bits per heavy atom. The molecule has 1 atom stereocenters. The third-order valence-corrected chi connectivity index (χ3v) is 3.76. The zero-order chi connectivity index (χ0) is 12.1. The summed E-state index contributed by atoms with van der Waals surface area (Å²) in [5.41, 5.74) is 2.62. The lowest BCUT2D eigenvalue weighted by molar-refractivity contribution is 0.175. The fourth-order valence-corrected chi connectivity index (χ4v) is 2.72. The quantitative estimate of drug-likeness (QED) is 0.743. The molecule has 90 valence electrons. The van der Waals surface area contributed by atoms with Gasteiger partial charge in [-0.15, -0.1) is 0 Å². The molecule has 0 spiro atoms. The molecule has 1 aliphatic carbocycles. The first-order valence-electron chi connectivity index (χ1n) is 6.27. The van der Waals surface area contributed by atoms with Gasteiger partial charge in [0.15, 0.2) is 0 Å². The molecule has 2 heteroatoms. The standard InChI is InChI=1S/C15H19NO/c1-17-10-4-8-15(12-16)9-7-13-5-2-3-6-14(13)11-15/h2-3,5-6H,4,7-11H2,1H3. The van der Waals surface area contributed by atoms with Gasteiger partial charge in [0.05, 0.1) is 11.5 Å². The van der Waals surface area contributed by atoms with Crippen LogP contribution in [0.25, 0.3) is 0 Å². The van der Waals surface area contributed by atoms with Crippen molar-refractivity contribution in [1.82, 2.24) is 0 Å². The summed E-state index contributed by atoms with van der Waals surface area (Å²) < 4.78 is 5.08. The first-order valence-corrected chi connectivity index (χ1v) is 6.27. The van der Waals surface area contributed by atoms with Gasteiger partial charge in [0.25, 0.3) is 0 Å². The number of benzene rings is 1. The minimum absolute atomic E-state index is 0.160. The summed E-state index contributed by atoms with van der Waals surface area (Å²) in [7, 11) is 1.72. The van der Waals surface area contributed by atoms with E-state index in [9.17, 15) is 5.26 Å². The molecule has 0 saturated carbocycles. The molecule has 0 heterocycles. The molecule has 0 aromatic heterocycles. The molecule has 0 amide bonds. The summed E-state index contributed by atoms with van der Waals surface area (Å²) in [4.78, 5) is 0. The maximum absolute atomic E-state index is 9.48. The van der Waals surface area contributed by atoms with Crippen LogP contribution in [-0.2, 0) is 17.6 Å². The highest BCUT2D eigenvalue weighted by Crippen LogP contribution is 2.38. The van der Waals surface area contributed by atoms with E-state index in [1.54, 1.807) is 7.11 Å². The Hall–Kier alpha value is -1.33. The zero-order valence-corrected chi connectivity index (χ0v) is 10.4. The molecule has 17 heavy (non-hydrogen) atoms. The smallest absolute Gasteiger partial charge is 0.0693 e.